The number of anilines is 1. The highest BCUT2D eigenvalue weighted by Gasteiger charge is 2.33. The average molecular weight is 474 g/mol. The van der Waals surface area contributed by atoms with Crippen molar-refractivity contribution in [3.8, 4) is 11.3 Å². The van der Waals surface area contributed by atoms with E-state index in [9.17, 15) is 18.0 Å². The van der Waals surface area contributed by atoms with Crippen molar-refractivity contribution in [1.82, 2.24) is 10.9 Å². The highest BCUT2D eigenvalue weighted by Crippen LogP contribution is 2.37. The predicted molar refractivity (Wildman–Crippen MR) is 112 cm³/mol. The van der Waals surface area contributed by atoms with Crippen molar-refractivity contribution in [3.05, 3.63) is 76.0 Å². The van der Waals surface area contributed by atoms with Crippen molar-refractivity contribution in [3.63, 3.8) is 0 Å². The number of hydrazine groups is 1. The van der Waals surface area contributed by atoms with Crippen LogP contribution < -0.4 is 16.2 Å². The Kier molecular flexibility index (Phi) is 6.55. The van der Waals surface area contributed by atoms with Crippen LogP contribution in [-0.2, 0) is 6.18 Å². The molecule has 0 saturated carbocycles. The van der Waals surface area contributed by atoms with Gasteiger partial charge in [-0.15, -0.1) is 0 Å². The van der Waals surface area contributed by atoms with E-state index in [1.807, 2.05) is 0 Å². The molecule has 0 spiro atoms. The van der Waals surface area contributed by atoms with Gasteiger partial charge in [0, 0.05) is 5.56 Å². The van der Waals surface area contributed by atoms with E-state index in [4.69, 9.17) is 39.8 Å². The van der Waals surface area contributed by atoms with Crippen molar-refractivity contribution < 1.29 is 22.4 Å². The first kappa shape index (κ1) is 21.9. The summed E-state index contributed by atoms with van der Waals surface area (Å²) in [6.45, 7) is 0. The molecule has 0 aliphatic carbocycles. The van der Waals surface area contributed by atoms with Gasteiger partial charge >= 0.3 is 12.1 Å². The molecule has 0 bridgehead atoms. The average Bonchev–Trinajstić information content (AvgIpc) is 3.18. The van der Waals surface area contributed by atoms with E-state index < -0.39 is 22.7 Å². The molecule has 0 unspecified atom stereocenters. The molecule has 0 atom stereocenters. The molecule has 2 aromatic carbocycles. The van der Waals surface area contributed by atoms with Gasteiger partial charge in [-0.25, -0.2) is 0 Å². The molecule has 0 aliphatic rings. The number of hydrogen-bond acceptors (Lipinski definition) is 3. The van der Waals surface area contributed by atoms with Crippen LogP contribution in [0, 0.1) is 0 Å². The molecule has 5 nitrogen and oxygen atoms in total. The van der Waals surface area contributed by atoms with Crippen LogP contribution in [0.2, 0.25) is 10.0 Å². The van der Waals surface area contributed by atoms with Crippen molar-refractivity contribution in [2.24, 2.45) is 0 Å². The first-order valence-corrected chi connectivity index (χ1v) is 9.40. The summed E-state index contributed by atoms with van der Waals surface area (Å²) < 4.78 is 44.4. The zero-order chi connectivity index (χ0) is 21.9. The number of para-hydroxylation sites is 1. The maximum Gasteiger partial charge on any atom is 0.417 e. The second-order valence-corrected chi connectivity index (χ2v) is 7.09. The first-order valence-electron chi connectivity index (χ1n) is 8.24. The summed E-state index contributed by atoms with van der Waals surface area (Å²) in [6, 6.07) is 12.9. The van der Waals surface area contributed by atoms with Crippen LogP contribution in [-0.4, -0.2) is 11.0 Å². The molecule has 0 fully saturated rings. The second-order valence-electron chi connectivity index (χ2n) is 5.87. The summed E-state index contributed by atoms with van der Waals surface area (Å²) >= 11 is 16.7. The fraction of sp³-hybridized carbons (Fsp3) is 0.0526. The lowest BCUT2D eigenvalue weighted by molar-refractivity contribution is -0.137. The molecule has 1 heterocycles. The maximum absolute atomic E-state index is 13.0. The van der Waals surface area contributed by atoms with Gasteiger partial charge in [0.15, 0.2) is 10.9 Å². The van der Waals surface area contributed by atoms with Crippen LogP contribution in [0.4, 0.5) is 18.9 Å². The van der Waals surface area contributed by atoms with Gasteiger partial charge in [0.25, 0.3) is 0 Å². The monoisotopic (exact) mass is 473 g/mol. The van der Waals surface area contributed by atoms with E-state index in [1.165, 1.54) is 18.2 Å². The third-order valence-corrected chi connectivity index (χ3v) is 4.66. The molecule has 0 aliphatic heterocycles. The number of hydrogen-bond donors (Lipinski definition) is 3. The molecule has 3 aromatic rings. The fourth-order valence-corrected chi connectivity index (χ4v) is 2.97. The molecule has 30 heavy (non-hydrogen) atoms. The molecular weight excluding hydrogens is 462 g/mol. The zero-order valence-corrected chi connectivity index (χ0v) is 17.1. The lowest BCUT2D eigenvalue weighted by atomic mass is 10.1. The first-order chi connectivity index (χ1) is 14.1. The molecule has 0 saturated heterocycles. The minimum atomic E-state index is -4.62. The van der Waals surface area contributed by atoms with E-state index in [1.54, 1.807) is 24.3 Å². The number of amides is 1. The highest BCUT2D eigenvalue weighted by atomic mass is 35.5. The number of carbonyl (C=O) groups is 1. The van der Waals surface area contributed by atoms with E-state index >= 15 is 0 Å². The Bertz CT molecular complexity index is 1100. The van der Waals surface area contributed by atoms with Gasteiger partial charge in [0.1, 0.15) is 5.76 Å². The number of rotatable bonds is 3. The van der Waals surface area contributed by atoms with Gasteiger partial charge in [-0.2, -0.15) is 13.2 Å². The number of nitrogens with one attached hydrogen (secondary N) is 3. The maximum atomic E-state index is 13.0. The molecule has 3 rings (SSSR count). The van der Waals surface area contributed by atoms with Crippen LogP contribution in [0.25, 0.3) is 11.3 Å². The Hall–Kier alpha value is -2.75. The fourth-order valence-electron chi connectivity index (χ4n) is 2.40. The Morgan fingerprint density at radius 3 is 2.40 bits per heavy atom. The van der Waals surface area contributed by atoms with Crippen LogP contribution in [0.15, 0.2) is 59.0 Å². The molecular formula is C19H12Cl2F3N3O2S. The molecule has 1 aromatic heterocycles. The largest absolute Gasteiger partial charge is 0.451 e. The Balaban J connectivity index is 1.65. The predicted octanol–water partition coefficient (Wildman–Crippen LogP) is 5.90. The molecule has 11 heteroatoms. The Morgan fingerprint density at radius 1 is 0.967 bits per heavy atom. The lowest BCUT2D eigenvalue weighted by Crippen LogP contribution is -2.43. The van der Waals surface area contributed by atoms with Crippen molar-refractivity contribution in [2.75, 3.05) is 5.32 Å². The number of carbonyl (C=O) groups excluding carboxylic acids is 1. The number of thiocarbonyl (C=S) groups is 1. The van der Waals surface area contributed by atoms with Crippen LogP contribution in [0.5, 0.6) is 0 Å². The van der Waals surface area contributed by atoms with Gasteiger partial charge in [-0.1, -0.05) is 35.3 Å². The minimum Gasteiger partial charge on any atom is -0.451 e. The standard InChI is InChI=1S/C19H12Cl2F3N3O2S/c20-12-6-5-10(9-11(12)19(22,23)24)15-7-8-16(29-15)17(28)26-27-18(30)25-14-4-2-1-3-13(14)21/h1-9H,(H,26,28)(H2,25,27,30). The van der Waals surface area contributed by atoms with Crippen LogP contribution in [0.1, 0.15) is 16.1 Å². The van der Waals surface area contributed by atoms with Gasteiger partial charge in [-0.3, -0.25) is 15.6 Å². The normalized spacial score (nSPS) is 11.1. The number of alkyl halides is 3. The topological polar surface area (TPSA) is 66.3 Å². The SMILES string of the molecule is O=C(NNC(=S)Nc1ccccc1Cl)c1ccc(-c2ccc(Cl)c(C(F)(F)F)c2)o1. The lowest BCUT2D eigenvalue weighted by Gasteiger charge is -2.11. The number of benzene rings is 2. The van der Waals surface area contributed by atoms with E-state index in [0.29, 0.717) is 10.7 Å². The third-order valence-electron chi connectivity index (χ3n) is 3.80. The third kappa shape index (κ3) is 5.24. The molecule has 1 amide bonds. The second kappa shape index (κ2) is 8.95. The van der Waals surface area contributed by atoms with Crippen molar-refractivity contribution in [1.29, 1.82) is 0 Å². The summed E-state index contributed by atoms with van der Waals surface area (Å²) in [5.41, 5.74) is 4.45. The van der Waals surface area contributed by atoms with Crippen molar-refractivity contribution >= 4 is 52.1 Å². The Morgan fingerprint density at radius 2 is 1.70 bits per heavy atom. The van der Waals surface area contributed by atoms with Crippen LogP contribution >= 0.6 is 35.4 Å². The van der Waals surface area contributed by atoms with Gasteiger partial charge in [0.2, 0.25) is 0 Å². The van der Waals surface area contributed by atoms with E-state index in [0.717, 1.165) is 12.1 Å². The number of furan rings is 1. The van der Waals surface area contributed by atoms with Crippen LogP contribution in [0.3, 0.4) is 0 Å². The van der Waals surface area contributed by atoms with E-state index in [2.05, 4.69) is 16.2 Å². The summed E-state index contributed by atoms with van der Waals surface area (Å²) in [7, 11) is 0. The Labute approximate surface area is 184 Å². The quantitative estimate of drug-likeness (QED) is 0.326. The van der Waals surface area contributed by atoms with Crippen molar-refractivity contribution in [2.45, 2.75) is 6.18 Å². The molecule has 3 N–H and O–H groups in total. The zero-order valence-electron chi connectivity index (χ0n) is 14.8. The summed E-state index contributed by atoms with van der Waals surface area (Å²) in [5.74, 6) is -0.754. The summed E-state index contributed by atoms with van der Waals surface area (Å²) in [6.07, 6.45) is -4.62. The molecule has 0 radical (unpaired) electrons. The molecule has 156 valence electrons. The summed E-state index contributed by atoms with van der Waals surface area (Å²) in [5, 5.41) is 2.87. The minimum absolute atomic E-state index is 0.0655. The smallest absolute Gasteiger partial charge is 0.417 e. The number of halogens is 5. The van der Waals surface area contributed by atoms with Gasteiger partial charge < -0.3 is 9.73 Å². The van der Waals surface area contributed by atoms with E-state index in [-0.39, 0.29) is 22.2 Å². The highest BCUT2D eigenvalue weighted by molar-refractivity contribution is 7.80. The van der Waals surface area contributed by atoms with Gasteiger partial charge in [-0.05, 0) is 54.7 Å². The van der Waals surface area contributed by atoms with Gasteiger partial charge in [0.05, 0.1) is 21.3 Å². The summed E-state index contributed by atoms with van der Waals surface area (Å²) in [4.78, 5) is 12.2.